The third-order valence-electron chi connectivity index (χ3n) is 4.99. The molecule has 0 radical (unpaired) electrons. The Morgan fingerprint density at radius 3 is 2.52 bits per heavy atom. The second kappa shape index (κ2) is 5.53. The highest BCUT2D eigenvalue weighted by Gasteiger charge is 2.34. The number of para-hydroxylation sites is 1. The Balaban J connectivity index is 1.61. The summed E-state index contributed by atoms with van der Waals surface area (Å²) >= 11 is 0. The van der Waals surface area contributed by atoms with Gasteiger partial charge in [-0.25, -0.2) is 0 Å². The van der Waals surface area contributed by atoms with E-state index < -0.39 is 0 Å². The van der Waals surface area contributed by atoms with E-state index in [0.717, 1.165) is 5.92 Å². The standard InChI is InChI=1S/C19H22N2/c1-2-6-15(7-3-1)17-8-4-5-9-19(17)20-18-11-13-21-12-10-16(18)14-21/h1-9,16,18,20H,10-14H2. The Bertz CT molecular complexity index is 608. The summed E-state index contributed by atoms with van der Waals surface area (Å²) in [6, 6.07) is 20.0. The first-order valence-corrected chi connectivity index (χ1v) is 8.03. The molecule has 3 atom stereocenters. The first-order chi connectivity index (χ1) is 10.4. The molecule has 2 heteroatoms. The molecule has 3 unspecified atom stereocenters. The van der Waals surface area contributed by atoms with Crippen molar-refractivity contribution >= 4 is 5.69 Å². The Morgan fingerprint density at radius 2 is 1.62 bits per heavy atom. The monoisotopic (exact) mass is 278 g/mol. The van der Waals surface area contributed by atoms with Gasteiger partial charge in [-0.15, -0.1) is 0 Å². The molecule has 0 amide bonds. The highest BCUT2D eigenvalue weighted by Crippen LogP contribution is 2.33. The summed E-state index contributed by atoms with van der Waals surface area (Å²) < 4.78 is 0. The zero-order valence-corrected chi connectivity index (χ0v) is 12.3. The minimum atomic E-state index is 0.633. The zero-order chi connectivity index (χ0) is 14.1. The SMILES string of the molecule is c1ccc(-c2ccccc2NC2CCN3CCC2C3)cc1. The van der Waals surface area contributed by atoms with Gasteiger partial charge in [-0.3, -0.25) is 0 Å². The van der Waals surface area contributed by atoms with E-state index in [1.807, 2.05) is 0 Å². The van der Waals surface area contributed by atoms with E-state index in [0.29, 0.717) is 6.04 Å². The van der Waals surface area contributed by atoms with Gasteiger partial charge in [-0.1, -0.05) is 48.5 Å². The number of anilines is 1. The normalized spacial score (nSPS) is 27.5. The molecule has 2 heterocycles. The number of hydrogen-bond donors (Lipinski definition) is 1. The molecule has 2 fully saturated rings. The Hall–Kier alpha value is -1.80. The fraction of sp³-hybridized carbons (Fsp3) is 0.368. The van der Waals surface area contributed by atoms with E-state index in [-0.39, 0.29) is 0 Å². The van der Waals surface area contributed by atoms with Crippen molar-refractivity contribution in [3.63, 3.8) is 0 Å². The molecule has 2 aliphatic heterocycles. The van der Waals surface area contributed by atoms with E-state index in [4.69, 9.17) is 0 Å². The van der Waals surface area contributed by atoms with Crippen molar-refractivity contribution in [3.8, 4) is 11.1 Å². The largest absolute Gasteiger partial charge is 0.381 e. The van der Waals surface area contributed by atoms with Gasteiger partial charge in [0.1, 0.15) is 0 Å². The van der Waals surface area contributed by atoms with Crippen LogP contribution in [0.25, 0.3) is 11.1 Å². The van der Waals surface area contributed by atoms with E-state index in [9.17, 15) is 0 Å². The Labute approximate surface area is 126 Å². The minimum absolute atomic E-state index is 0.633. The predicted molar refractivity (Wildman–Crippen MR) is 88.5 cm³/mol. The van der Waals surface area contributed by atoms with Crippen LogP contribution >= 0.6 is 0 Å². The van der Waals surface area contributed by atoms with Crippen molar-refractivity contribution in [2.24, 2.45) is 5.92 Å². The second-order valence-electron chi connectivity index (χ2n) is 6.30. The van der Waals surface area contributed by atoms with E-state index in [1.54, 1.807) is 0 Å². The van der Waals surface area contributed by atoms with Gasteiger partial charge in [0.05, 0.1) is 0 Å². The molecule has 2 saturated heterocycles. The van der Waals surface area contributed by atoms with Crippen LogP contribution in [0.2, 0.25) is 0 Å². The van der Waals surface area contributed by atoms with Crippen molar-refractivity contribution in [1.82, 2.24) is 4.90 Å². The lowest BCUT2D eigenvalue weighted by Crippen LogP contribution is -2.39. The quantitative estimate of drug-likeness (QED) is 0.917. The molecule has 108 valence electrons. The molecule has 4 rings (SSSR count). The molecule has 0 aliphatic carbocycles. The number of fused-ring (bicyclic) bond motifs is 2. The number of benzene rings is 2. The van der Waals surface area contributed by atoms with Crippen molar-refractivity contribution in [2.75, 3.05) is 25.0 Å². The maximum absolute atomic E-state index is 3.85. The zero-order valence-electron chi connectivity index (χ0n) is 12.3. The fourth-order valence-corrected chi connectivity index (χ4v) is 3.82. The summed E-state index contributed by atoms with van der Waals surface area (Å²) in [6.45, 7) is 3.83. The van der Waals surface area contributed by atoms with Crippen molar-refractivity contribution in [1.29, 1.82) is 0 Å². The number of nitrogens with one attached hydrogen (secondary N) is 1. The highest BCUT2D eigenvalue weighted by molar-refractivity contribution is 5.77. The van der Waals surface area contributed by atoms with Crippen LogP contribution in [0.3, 0.4) is 0 Å². The maximum Gasteiger partial charge on any atom is 0.0422 e. The van der Waals surface area contributed by atoms with Crippen LogP contribution < -0.4 is 5.32 Å². The molecule has 2 aliphatic rings. The molecule has 1 N–H and O–H groups in total. The van der Waals surface area contributed by atoms with Gasteiger partial charge in [-0.05, 0) is 36.9 Å². The van der Waals surface area contributed by atoms with Crippen molar-refractivity contribution in [3.05, 3.63) is 54.6 Å². The summed E-state index contributed by atoms with van der Waals surface area (Å²) in [5.41, 5.74) is 3.90. The first-order valence-electron chi connectivity index (χ1n) is 8.03. The Morgan fingerprint density at radius 1 is 0.857 bits per heavy atom. The van der Waals surface area contributed by atoms with Crippen LogP contribution in [0.4, 0.5) is 5.69 Å². The number of hydrogen-bond acceptors (Lipinski definition) is 2. The molecule has 2 bridgehead atoms. The van der Waals surface area contributed by atoms with Crippen LogP contribution in [0.15, 0.2) is 54.6 Å². The molecule has 0 spiro atoms. The number of nitrogens with zero attached hydrogens (tertiary/aromatic N) is 1. The third kappa shape index (κ3) is 2.56. The van der Waals surface area contributed by atoms with Gasteiger partial charge >= 0.3 is 0 Å². The van der Waals surface area contributed by atoms with Gasteiger partial charge in [0.15, 0.2) is 0 Å². The molecule has 2 nitrogen and oxygen atoms in total. The molecular formula is C19H22N2. The van der Waals surface area contributed by atoms with Crippen LogP contribution in [0.1, 0.15) is 12.8 Å². The molecule has 2 aromatic carbocycles. The number of rotatable bonds is 3. The van der Waals surface area contributed by atoms with E-state index >= 15 is 0 Å². The summed E-state index contributed by atoms with van der Waals surface area (Å²) in [5.74, 6) is 0.822. The molecule has 0 aromatic heterocycles. The summed E-state index contributed by atoms with van der Waals surface area (Å²) in [7, 11) is 0. The summed E-state index contributed by atoms with van der Waals surface area (Å²) in [6.07, 6.45) is 2.62. The van der Waals surface area contributed by atoms with Gasteiger partial charge in [0.2, 0.25) is 0 Å². The average Bonchev–Trinajstić information content (AvgIpc) is 2.94. The number of piperidine rings is 1. The van der Waals surface area contributed by atoms with Crippen LogP contribution in [0.5, 0.6) is 0 Å². The van der Waals surface area contributed by atoms with Crippen LogP contribution in [-0.2, 0) is 0 Å². The summed E-state index contributed by atoms with van der Waals surface area (Å²) in [4.78, 5) is 2.60. The average molecular weight is 278 g/mol. The lowest BCUT2D eigenvalue weighted by molar-refractivity contribution is 0.255. The highest BCUT2D eigenvalue weighted by atomic mass is 15.2. The van der Waals surface area contributed by atoms with Crippen LogP contribution in [0, 0.1) is 5.92 Å². The first kappa shape index (κ1) is 12.9. The molecule has 0 saturated carbocycles. The second-order valence-corrected chi connectivity index (χ2v) is 6.30. The topological polar surface area (TPSA) is 15.3 Å². The minimum Gasteiger partial charge on any atom is -0.381 e. The third-order valence-corrected chi connectivity index (χ3v) is 4.99. The lowest BCUT2D eigenvalue weighted by atomic mass is 9.93. The van der Waals surface area contributed by atoms with Gasteiger partial charge < -0.3 is 10.2 Å². The molecule has 2 aromatic rings. The molecular weight excluding hydrogens is 256 g/mol. The predicted octanol–water partition coefficient (Wildman–Crippen LogP) is 3.86. The van der Waals surface area contributed by atoms with Crippen molar-refractivity contribution < 1.29 is 0 Å². The van der Waals surface area contributed by atoms with E-state index in [1.165, 1.54) is 49.3 Å². The van der Waals surface area contributed by atoms with Gasteiger partial charge in [-0.2, -0.15) is 0 Å². The Kier molecular flexibility index (Phi) is 3.40. The van der Waals surface area contributed by atoms with Crippen LogP contribution in [-0.4, -0.2) is 30.6 Å². The molecule has 21 heavy (non-hydrogen) atoms. The summed E-state index contributed by atoms with van der Waals surface area (Å²) in [5, 5.41) is 3.85. The van der Waals surface area contributed by atoms with Gasteiger partial charge in [0.25, 0.3) is 0 Å². The lowest BCUT2D eigenvalue weighted by Gasteiger charge is -2.32. The smallest absolute Gasteiger partial charge is 0.0422 e. The fourth-order valence-electron chi connectivity index (χ4n) is 3.82. The van der Waals surface area contributed by atoms with E-state index in [2.05, 4.69) is 64.8 Å². The maximum atomic E-state index is 3.85. The van der Waals surface area contributed by atoms with Crippen molar-refractivity contribution in [2.45, 2.75) is 18.9 Å². The van der Waals surface area contributed by atoms with Gasteiger partial charge in [0, 0.05) is 30.4 Å².